The first-order valence-corrected chi connectivity index (χ1v) is 7.87. The van der Waals surface area contributed by atoms with Crippen molar-refractivity contribution in [3.63, 3.8) is 0 Å². The van der Waals surface area contributed by atoms with Crippen molar-refractivity contribution in [3.05, 3.63) is 28.2 Å². The van der Waals surface area contributed by atoms with Crippen LogP contribution in [-0.4, -0.2) is 23.5 Å². The summed E-state index contributed by atoms with van der Waals surface area (Å²) in [6.45, 7) is 4.02. The molecule has 0 aliphatic heterocycles. The molecule has 5 heteroatoms. The summed E-state index contributed by atoms with van der Waals surface area (Å²) in [6.07, 6.45) is 0.945. The second-order valence-electron chi connectivity index (χ2n) is 4.19. The van der Waals surface area contributed by atoms with Crippen LogP contribution in [0, 0.1) is 6.92 Å². The zero-order valence-electron chi connectivity index (χ0n) is 10.7. The molecule has 18 heavy (non-hydrogen) atoms. The van der Waals surface area contributed by atoms with Crippen molar-refractivity contribution in [2.75, 3.05) is 16.8 Å². The van der Waals surface area contributed by atoms with Crippen LogP contribution in [0.3, 0.4) is 0 Å². The van der Waals surface area contributed by atoms with Crippen LogP contribution in [0.5, 0.6) is 0 Å². The minimum atomic E-state index is 0.0220. The van der Waals surface area contributed by atoms with Crippen LogP contribution >= 0.6 is 27.7 Å². The Morgan fingerprint density at radius 3 is 2.89 bits per heavy atom. The van der Waals surface area contributed by atoms with Crippen LogP contribution in [0.2, 0.25) is 0 Å². The van der Waals surface area contributed by atoms with Gasteiger partial charge in [-0.15, -0.1) is 0 Å². The lowest BCUT2D eigenvalue weighted by molar-refractivity contribution is -0.113. The highest BCUT2D eigenvalue weighted by Crippen LogP contribution is 2.20. The van der Waals surface area contributed by atoms with Gasteiger partial charge in [0, 0.05) is 22.0 Å². The maximum absolute atomic E-state index is 11.7. The monoisotopic (exact) mass is 330 g/mol. The van der Waals surface area contributed by atoms with Crippen molar-refractivity contribution in [2.45, 2.75) is 26.3 Å². The molecule has 0 saturated carbocycles. The largest absolute Gasteiger partial charge is 0.327 e. The van der Waals surface area contributed by atoms with Gasteiger partial charge in [-0.3, -0.25) is 4.79 Å². The fourth-order valence-electron chi connectivity index (χ4n) is 1.37. The van der Waals surface area contributed by atoms with Gasteiger partial charge in [-0.1, -0.05) is 22.9 Å². The number of benzene rings is 1. The summed E-state index contributed by atoms with van der Waals surface area (Å²) < 4.78 is 1.02. The molecular weight excluding hydrogens is 312 g/mol. The highest BCUT2D eigenvalue weighted by molar-refractivity contribution is 9.10. The van der Waals surface area contributed by atoms with Crippen molar-refractivity contribution in [1.29, 1.82) is 0 Å². The van der Waals surface area contributed by atoms with Crippen LogP contribution < -0.4 is 11.1 Å². The van der Waals surface area contributed by atoms with E-state index in [9.17, 15) is 4.79 Å². The van der Waals surface area contributed by atoms with E-state index >= 15 is 0 Å². The number of nitrogens with two attached hydrogens (primary N) is 1. The van der Waals surface area contributed by atoms with Crippen LogP contribution in [0.25, 0.3) is 0 Å². The van der Waals surface area contributed by atoms with E-state index in [1.165, 1.54) is 0 Å². The molecule has 0 saturated heterocycles. The fraction of sp³-hybridized carbons (Fsp3) is 0.462. The zero-order chi connectivity index (χ0) is 13.5. The molecule has 0 aliphatic carbocycles. The molecule has 3 N–H and O–H groups in total. The number of thioether (sulfide) groups is 1. The molecule has 0 bridgehead atoms. The van der Waals surface area contributed by atoms with Crippen molar-refractivity contribution >= 4 is 39.3 Å². The summed E-state index contributed by atoms with van der Waals surface area (Å²) in [7, 11) is 0. The first kappa shape index (κ1) is 15.5. The smallest absolute Gasteiger partial charge is 0.234 e. The first-order chi connectivity index (χ1) is 8.52. The van der Waals surface area contributed by atoms with Gasteiger partial charge in [0.2, 0.25) is 5.91 Å². The summed E-state index contributed by atoms with van der Waals surface area (Å²) in [5.74, 6) is 1.29. The molecule has 0 fully saturated rings. The van der Waals surface area contributed by atoms with Crippen molar-refractivity contribution < 1.29 is 4.79 Å². The fourth-order valence-corrected chi connectivity index (χ4v) is 2.76. The third kappa shape index (κ3) is 5.42. The molecule has 1 amide bonds. The maximum Gasteiger partial charge on any atom is 0.234 e. The van der Waals surface area contributed by atoms with Gasteiger partial charge in [0.1, 0.15) is 0 Å². The molecule has 0 aromatic heterocycles. The summed E-state index contributed by atoms with van der Waals surface area (Å²) in [5, 5.41) is 2.91. The molecule has 0 heterocycles. The van der Waals surface area contributed by atoms with Crippen molar-refractivity contribution in [1.82, 2.24) is 0 Å². The molecule has 0 radical (unpaired) electrons. The number of carbonyl (C=O) groups excluding carboxylic acids is 1. The number of hydrogen-bond acceptors (Lipinski definition) is 3. The standard InChI is InChI=1S/C13H19BrN2OS/c1-3-11(15)7-18-8-13(17)16-12-5-4-10(14)6-9(12)2/h4-6,11H,3,7-8,15H2,1-2H3,(H,16,17). The van der Waals surface area contributed by atoms with Gasteiger partial charge in [-0.25, -0.2) is 0 Å². The maximum atomic E-state index is 11.7. The van der Waals surface area contributed by atoms with E-state index in [1.54, 1.807) is 11.8 Å². The van der Waals surface area contributed by atoms with E-state index in [1.807, 2.05) is 25.1 Å². The first-order valence-electron chi connectivity index (χ1n) is 5.92. The molecule has 1 rings (SSSR count). The van der Waals surface area contributed by atoms with Crippen LogP contribution in [0.4, 0.5) is 5.69 Å². The summed E-state index contributed by atoms with van der Waals surface area (Å²) in [5.41, 5.74) is 7.71. The number of amides is 1. The van der Waals surface area contributed by atoms with Crippen LogP contribution in [0.15, 0.2) is 22.7 Å². The highest BCUT2D eigenvalue weighted by atomic mass is 79.9. The SMILES string of the molecule is CCC(N)CSCC(=O)Nc1ccc(Br)cc1C. The molecule has 100 valence electrons. The molecule has 1 unspecified atom stereocenters. The average molecular weight is 331 g/mol. The molecule has 1 aromatic carbocycles. The number of anilines is 1. The Balaban J connectivity index is 2.40. The number of rotatable bonds is 6. The summed E-state index contributed by atoms with van der Waals surface area (Å²) >= 11 is 4.97. The summed E-state index contributed by atoms with van der Waals surface area (Å²) in [4.78, 5) is 11.7. The molecule has 1 atom stereocenters. The molecule has 0 aliphatic rings. The Bertz CT molecular complexity index is 412. The van der Waals surface area contributed by atoms with Gasteiger partial charge in [-0.05, 0) is 37.1 Å². The van der Waals surface area contributed by atoms with Crippen molar-refractivity contribution in [2.24, 2.45) is 5.73 Å². The van der Waals surface area contributed by atoms with E-state index in [0.717, 1.165) is 27.9 Å². The zero-order valence-corrected chi connectivity index (χ0v) is 13.1. The lowest BCUT2D eigenvalue weighted by atomic mass is 10.2. The molecular formula is C13H19BrN2OS. The van der Waals surface area contributed by atoms with Gasteiger partial charge in [-0.2, -0.15) is 11.8 Å². The minimum Gasteiger partial charge on any atom is -0.327 e. The van der Waals surface area contributed by atoms with Gasteiger partial charge < -0.3 is 11.1 Å². The second kappa shape index (κ2) is 7.81. The Morgan fingerprint density at radius 1 is 1.56 bits per heavy atom. The average Bonchev–Trinajstić information content (AvgIpc) is 2.32. The van der Waals surface area contributed by atoms with E-state index in [2.05, 4.69) is 28.2 Å². The van der Waals surface area contributed by atoms with Gasteiger partial charge >= 0.3 is 0 Å². The Kier molecular flexibility index (Phi) is 6.75. The van der Waals surface area contributed by atoms with E-state index in [0.29, 0.717) is 5.75 Å². The van der Waals surface area contributed by atoms with Crippen molar-refractivity contribution in [3.8, 4) is 0 Å². The number of halogens is 1. The predicted octanol–water partition coefficient (Wildman–Crippen LogP) is 3.17. The topological polar surface area (TPSA) is 55.1 Å². The lowest BCUT2D eigenvalue weighted by Gasteiger charge is -2.10. The number of aryl methyl sites for hydroxylation is 1. The van der Waals surface area contributed by atoms with Gasteiger partial charge in [0.15, 0.2) is 0 Å². The van der Waals surface area contributed by atoms with E-state index in [-0.39, 0.29) is 11.9 Å². The lowest BCUT2D eigenvalue weighted by Crippen LogP contribution is -2.23. The van der Waals surface area contributed by atoms with Gasteiger partial charge in [0.05, 0.1) is 5.75 Å². The number of hydrogen-bond donors (Lipinski definition) is 2. The highest BCUT2D eigenvalue weighted by Gasteiger charge is 2.06. The third-order valence-electron chi connectivity index (χ3n) is 2.55. The van der Waals surface area contributed by atoms with Gasteiger partial charge in [0.25, 0.3) is 0 Å². The summed E-state index contributed by atoms with van der Waals surface area (Å²) in [6, 6.07) is 5.98. The minimum absolute atomic E-state index is 0.0220. The number of nitrogens with one attached hydrogen (secondary N) is 1. The third-order valence-corrected chi connectivity index (χ3v) is 4.18. The van der Waals surface area contributed by atoms with E-state index < -0.39 is 0 Å². The molecule has 3 nitrogen and oxygen atoms in total. The van der Waals surface area contributed by atoms with Crippen LogP contribution in [-0.2, 0) is 4.79 Å². The molecule has 1 aromatic rings. The van der Waals surface area contributed by atoms with E-state index in [4.69, 9.17) is 5.73 Å². The number of carbonyl (C=O) groups is 1. The quantitative estimate of drug-likeness (QED) is 0.842. The Hall–Kier alpha value is -0.520. The molecule has 0 spiro atoms. The predicted molar refractivity (Wildman–Crippen MR) is 83.1 cm³/mol. The Morgan fingerprint density at radius 2 is 2.28 bits per heavy atom. The second-order valence-corrected chi connectivity index (χ2v) is 6.14. The Labute approximate surface area is 121 Å². The normalized spacial score (nSPS) is 12.2. The van der Waals surface area contributed by atoms with Crippen LogP contribution in [0.1, 0.15) is 18.9 Å².